The molecule has 0 spiro atoms. The van der Waals surface area contributed by atoms with E-state index in [9.17, 15) is 171 Å². The first-order chi connectivity index (χ1) is 28.4. The van der Waals surface area contributed by atoms with Crippen molar-refractivity contribution in [2.24, 2.45) is 0 Å². The SMILES string of the molecule is FC(F)(F)C(F)(F)OC(OC(F)(F)C(F)(F)F)(OC(F)(F)C(F)(F)F)C(F)(C(F)(F)C(F)(F)C(F)(F)C(F)(F)C(F)(F)F)C(F)(F)C(F)(F)C(F)(F)C(F)(F)C(F)(F)C(F)(F)C(F)(F)C(F)(F)F. The normalized spacial score (nSPS) is 18.0. The molecule has 68 heavy (non-hydrogen) atoms. The second kappa shape index (κ2) is 15.9. The summed E-state index contributed by atoms with van der Waals surface area (Å²) in [7, 11) is 0. The molecule has 1 unspecified atom stereocenters. The highest BCUT2D eigenvalue weighted by atomic mass is 19.5. The Morgan fingerprint density at radius 2 is 0.279 bits per heavy atom. The molecule has 0 radical (unpaired) electrons. The van der Waals surface area contributed by atoms with Crippen LogP contribution in [0.3, 0.4) is 0 Å². The van der Waals surface area contributed by atoms with Crippen molar-refractivity contribution in [3.8, 4) is 0 Å². The van der Waals surface area contributed by atoms with Gasteiger partial charge in [-0.1, -0.05) is 0 Å². The Kier molecular flexibility index (Phi) is 15.2. The van der Waals surface area contributed by atoms with Crippen LogP contribution in [0.1, 0.15) is 0 Å². The van der Waals surface area contributed by atoms with Crippen LogP contribution in [-0.4, -0.2) is 126 Å². The molecule has 0 heterocycles. The van der Waals surface area contributed by atoms with E-state index in [2.05, 4.69) is 0 Å². The number of ether oxygens (including phenoxy) is 3. The van der Waals surface area contributed by atoms with Crippen LogP contribution in [0, 0.1) is 0 Å². The van der Waals surface area contributed by atoms with Crippen molar-refractivity contribution in [1.82, 2.24) is 0 Å². The molecule has 0 aromatic rings. The summed E-state index contributed by atoms with van der Waals surface area (Å²) in [6.45, 7) is 0. The molecule has 0 amide bonds. The van der Waals surface area contributed by atoms with E-state index in [1.807, 2.05) is 0 Å². The molecule has 3 nitrogen and oxygen atoms in total. The van der Waals surface area contributed by atoms with Gasteiger partial charge in [-0.15, -0.1) is 0 Å². The number of alkyl halides is 44. The lowest BCUT2D eigenvalue weighted by Crippen LogP contribution is -2.87. The van der Waals surface area contributed by atoms with Crippen molar-refractivity contribution in [2.75, 3.05) is 0 Å². The maximum Gasteiger partial charge on any atom is 0.483 e. The molecule has 0 aliphatic rings. The van der Waals surface area contributed by atoms with Crippen LogP contribution in [-0.2, 0) is 14.2 Å². The predicted octanol–water partition coefficient (Wildman–Crippen LogP) is 14.0. The number of rotatable bonds is 18. The number of hydrogen-bond donors (Lipinski definition) is 0. The average molecular weight is 1140 g/mol. The average Bonchev–Trinajstić information content (AvgIpc) is 3.03. The third-order valence-corrected chi connectivity index (χ3v) is 7.33. The van der Waals surface area contributed by atoms with Crippen molar-refractivity contribution >= 4 is 0 Å². The Balaban J connectivity index is 10.4. The van der Waals surface area contributed by atoms with Gasteiger partial charge < -0.3 is 0 Å². The molecule has 410 valence electrons. The van der Waals surface area contributed by atoms with E-state index in [0.29, 0.717) is 14.2 Å². The van der Waals surface area contributed by atoms with Gasteiger partial charge >= 0.3 is 126 Å². The van der Waals surface area contributed by atoms with Crippen molar-refractivity contribution in [3.05, 3.63) is 0 Å². The maximum absolute atomic E-state index is 16.4. The predicted molar refractivity (Wildman–Crippen MR) is 109 cm³/mol. The Hall–Kier alpha value is -3.20. The molecular formula is C21F44O3. The zero-order chi connectivity index (χ0) is 56.6. The molecule has 1 atom stereocenters. The maximum atomic E-state index is 16.4. The summed E-state index contributed by atoms with van der Waals surface area (Å²) in [5.74, 6) is -130. The van der Waals surface area contributed by atoms with Crippen molar-refractivity contribution < 1.29 is 207 Å². The quantitative estimate of drug-likeness (QED) is 0.101. The van der Waals surface area contributed by atoms with Crippen LogP contribution < -0.4 is 0 Å². The van der Waals surface area contributed by atoms with Crippen molar-refractivity contribution in [3.63, 3.8) is 0 Å². The van der Waals surface area contributed by atoms with Gasteiger partial charge in [-0.2, -0.15) is 189 Å². The first-order valence-corrected chi connectivity index (χ1v) is 13.8. The van der Waals surface area contributed by atoms with Crippen LogP contribution in [0.5, 0.6) is 0 Å². The fourth-order valence-corrected chi connectivity index (χ4v) is 3.70. The Bertz CT molecular complexity index is 1710. The fourth-order valence-electron chi connectivity index (χ4n) is 3.70. The van der Waals surface area contributed by atoms with E-state index in [1.165, 1.54) is 0 Å². The number of halogens is 44. The van der Waals surface area contributed by atoms with E-state index in [-0.39, 0.29) is 0 Å². The highest BCUT2D eigenvalue weighted by molar-refractivity contribution is 5.26. The standard InChI is InChI=1S/C21F44O3/c22-1(3(25,26)5(29,30)9(37,38)11(41,42)13(45,46)47,2(23,24)4(27,28)6(31,32)7(33,34)8(35,36)10(39,40)12(43,44)14(48,49)50)21(66-18(60,61)15(51,52)53,67-19(62,63)16(54,55)56)68-20(64,65)17(57,58)59. The van der Waals surface area contributed by atoms with Crippen LogP contribution in [0.2, 0.25) is 0 Å². The molecule has 0 aliphatic carbocycles. The van der Waals surface area contributed by atoms with Crippen molar-refractivity contribution in [1.29, 1.82) is 0 Å². The van der Waals surface area contributed by atoms with Gasteiger partial charge in [-0.25, -0.2) is 4.39 Å². The Morgan fingerprint density at radius 3 is 0.412 bits per heavy atom. The van der Waals surface area contributed by atoms with Crippen LogP contribution >= 0.6 is 0 Å². The van der Waals surface area contributed by atoms with Gasteiger partial charge in [0.15, 0.2) is 0 Å². The molecule has 0 fully saturated rings. The third-order valence-electron chi connectivity index (χ3n) is 7.33. The van der Waals surface area contributed by atoms with E-state index >= 15 is 22.0 Å². The summed E-state index contributed by atoms with van der Waals surface area (Å²) >= 11 is 0. The number of hydrogen-bond acceptors (Lipinski definition) is 3. The molecule has 0 rings (SSSR count). The molecule has 0 saturated heterocycles. The lowest BCUT2D eigenvalue weighted by molar-refractivity contribution is -0.635. The summed E-state index contributed by atoms with van der Waals surface area (Å²) in [6, 6.07) is 0. The van der Waals surface area contributed by atoms with E-state index in [0.717, 1.165) is 0 Å². The van der Waals surface area contributed by atoms with Crippen LogP contribution in [0.4, 0.5) is 193 Å². The molecule has 47 heteroatoms. The van der Waals surface area contributed by atoms with Gasteiger partial charge in [0.05, 0.1) is 0 Å². The van der Waals surface area contributed by atoms with Gasteiger partial charge in [0, 0.05) is 0 Å². The fraction of sp³-hybridized carbons (Fsp3) is 1.00. The smallest absolute Gasteiger partial charge is 0.252 e. The molecule has 0 aliphatic heterocycles. The lowest BCUT2D eigenvalue weighted by Gasteiger charge is -2.54. The van der Waals surface area contributed by atoms with Crippen molar-refractivity contribution in [2.45, 2.75) is 126 Å². The summed E-state index contributed by atoms with van der Waals surface area (Å²) in [5.41, 5.74) is -12.3. The van der Waals surface area contributed by atoms with E-state index in [1.54, 1.807) is 0 Å². The second-order valence-corrected chi connectivity index (χ2v) is 11.9. The highest BCUT2D eigenvalue weighted by Crippen LogP contribution is 2.72. The summed E-state index contributed by atoms with van der Waals surface area (Å²) in [6.07, 6.45) is -75.1. The zero-order valence-electron chi connectivity index (χ0n) is 28.4. The molecule has 0 bridgehead atoms. The van der Waals surface area contributed by atoms with Gasteiger partial charge in [0.25, 0.3) is 0 Å². The topological polar surface area (TPSA) is 27.7 Å². The Morgan fingerprint density at radius 1 is 0.147 bits per heavy atom. The second-order valence-electron chi connectivity index (χ2n) is 11.9. The van der Waals surface area contributed by atoms with Gasteiger partial charge in [-0.3, -0.25) is 14.2 Å². The molecule has 0 aromatic heterocycles. The molecule has 0 saturated carbocycles. The van der Waals surface area contributed by atoms with Gasteiger partial charge in [0.1, 0.15) is 0 Å². The molecule has 0 aromatic carbocycles. The van der Waals surface area contributed by atoms with E-state index in [4.69, 9.17) is 0 Å². The van der Waals surface area contributed by atoms with Crippen LogP contribution in [0.25, 0.3) is 0 Å². The third kappa shape index (κ3) is 8.52. The van der Waals surface area contributed by atoms with E-state index < -0.39 is 126 Å². The molecule has 0 N–H and O–H groups in total. The summed E-state index contributed by atoms with van der Waals surface area (Å²) in [5, 5.41) is 0. The van der Waals surface area contributed by atoms with Crippen LogP contribution in [0.15, 0.2) is 0 Å². The zero-order valence-corrected chi connectivity index (χ0v) is 28.4. The lowest BCUT2D eigenvalue weighted by atomic mass is 9.75. The first-order valence-electron chi connectivity index (χ1n) is 13.8. The Labute approximate surface area is 335 Å². The molecular weight excluding hydrogens is 1140 g/mol. The summed E-state index contributed by atoms with van der Waals surface area (Å²) in [4.78, 5) is 0. The first kappa shape index (κ1) is 64.8. The minimum absolute atomic E-state index is 0.404. The monoisotopic (exact) mass is 1140 g/mol. The minimum atomic E-state index is -12.3. The minimum Gasteiger partial charge on any atom is -0.252 e. The summed E-state index contributed by atoms with van der Waals surface area (Å²) < 4.78 is 606. The van der Waals surface area contributed by atoms with Gasteiger partial charge in [-0.05, 0) is 0 Å². The largest absolute Gasteiger partial charge is 0.483 e. The van der Waals surface area contributed by atoms with Gasteiger partial charge in [0.2, 0.25) is 0 Å². The highest BCUT2D eigenvalue weighted by Gasteiger charge is 3.05.